The molecule has 0 aliphatic heterocycles. The topological polar surface area (TPSA) is 97.7 Å². The Kier molecular flexibility index (Phi) is 9.60. The molecule has 0 spiro atoms. The second-order valence-corrected chi connectivity index (χ2v) is 4.00. The molecule has 0 aliphatic rings. The van der Waals surface area contributed by atoms with E-state index in [1.165, 1.54) is 24.1 Å². The van der Waals surface area contributed by atoms with Gasteiger partial charge in [-0.1, -0.05) is 0 Å². The Morgan fingerprint density at radius 2 is 1.53 bits per heavy atom. The van der Waals surface area contributed by atoms with Crippen LogP contribution in [0.25, 0.3) is 0 Å². The molecular weight excluding hydrogens is 226 g/mol. The maximum atomic E-state index is 9.66. The van der Waals surface area contributed by atoms with Crippen LogP contribution in [0, 0.1) is 0 Å². The van der Waals surface area contributed by atoms with E-state index in [0.29, 0.717) is 0 Å². The van der Waals surface area contributed by atoms with Gasteiger partial charge in [0.1, 0.15) is 6.10 Å². The van der Waals surface area contributed by atoms with Gasteiger partial charge >= 0.3 is 5.97 Å². The Labute approximate surface area is 102 Å². The van der Waals surface area contributed by atoms with Crippen LogP contribution >= 0.6 is 0 Å². The maximum Gasteiger partial charge on any atom is 0.306 e. The molecular formula is C11H23NO5. The van der Waals surface area contributed by atoms with Crippen LogP contribution in [-0.4, -0.2) is 59.4 Å². The normalized spacial score (nSPS) is 12.3. The molecule has 0 rings (SSSR count). The fourth-order valence-corrected chi connectivity index (χ4v) is 0.920. The molecule has 0 aromatic carbocycles. The molecule has 6 nitrogen and oxygen atoms in total. The third-order valence-electron chi connectivity index (χ3n) is 2.93. The number of aliphatic hydroxyl groups excluding tert-OH is 1. The first kappa shape index (κ1) is 18.2. The summed E-state index contributed by atoms with van der Waals surface area (Å²) < 4.78 is 1.21. The largest absolute Gasteiger partial charge is 0.547 e. The lowest BCUT2D eigenvalue weighted by atomic mass is 10.3. The predicted molar refractivity (Wildman–Crippen MR) is 61.1 cm³/mol. The first-order valence-electron chi connectivity index (χ1n) is 5.66. The van der Waals surface area contributed by atoms with Crippen molar-refractivity contribution in [2.75, 3.05) is 26.7 Å². The second kappa shape index (κ2) is 8.95. The van der Waals surface area contributed by atoms with Crippen LogP contribution in [0.4, 0.5) is 0 Å². The Hall–Kier alpha value is -1.14. The van der Waals surface area contributed by atoms with Crippen LogP contribution < -0.4 is 5.11 Å². The minimum Gasteiger partial charge on any atom is -0.547 e. The molecule has 0 saturated heterocycles. The summed E-state index contributed by atoms with van der Waals surface area (Å²) in [6, 6.07) is 0. The van der Waals surface area contributed by atoms with Crippen LogP contribution in [0.3, 0.4) is 0 Å². The summed E-state index contributed by atoms with van der Waals surface area (Å²) >= 11 is 0. The zero-order chi connectivity index (χ0) is 14.1. The highest BCUT2D eigenvalue weighted by molar-refractivity contribution is 5.77. The van der Waals surface area contributed by atoms with Gasteiger partial charge in [-0.15, -0.1) is 0 Å². The number of hydrogen-bond acceptors (Lipinski definition) is 4. The van der Waals surface area contributed by atoms with Gasteiger partial charge in [-0.2, -0.15) is 0 Å². The first-order chi connectivity index (χ1) is 7.72. The molecule has 2 N–H and O–H groups in total. The number of rotatable bonds is 6. The maximum absolute atomic E-state index is 9.66. The minimum absolute atomic E-state index is 0.817. The van der Waals surface area contributed by atoms with Crippen LogP contribution in [0.15, 0.2) is 0 Å². The SMILES string of the molecule is CC[N+](C)(CC)CC.O=C(O)CC(O)C(=O)[O-]. The number of hydrogen-bond donors (Lipinski definition) is 2. The number of quaternary nitrogens is 1. The second-order valence-electron chi connectivity index (χ2n) is 4.00. The quantitative estimate of drug-likeness (QED) is 0.592. The number of nitrogens with zero attached hydrogens (tertiary/aromatic N) is 1. The van der Waals surface area contributed by atoms with Gasteiger partial charge < -0.3 is 24.6 Å². The molecule has 0 bridgehead atoms. The molecule has 6 heteroatoms. The van der Waals surface area contributed by atoms with E-state index >= 15 is 0 Å². The fourth-order valence-electron chi connectivity index (χ4n) is 0.920. The minimum atomic E-state index is -1.90. The average Bonchev–Trinajstić information content (AvgIpc) is 2.28. The number of carbonyl (C=O) groups is 2. The van der Waals surface area contributed by atoms with Crippen molar-refractivity contribution < 1.29 is 29.4 Å². The molecule has 0 fully saturated rings. The molecule has 0 heterocycles. The van der Waals surface area contributed by atoms with Gasteiger partial charge in [-0.25, -0.2) is 0 Å². The van der Waals surface area contributed by atoms with Gasteiger partial charge in [0, 0.05) is 0 Å². The van der Waals surface area contributed by atoms with Gasteiger partial charge in [0.2, 0.25) is 0 Å². The van der Waals surface area contributed by atoms with E-state index in [1.807, 2.05) is 0 Å². The van der Waals surface area contributed by atoms with E-state index in [9.17, 15) is 14.7 Å². The summed E-state index contributed by atoms with van der Waals surface area (Å²) in [5.41, 5.74) is 0. The van der Waals surface area contributed by atoms with Crippen molar-refractivity contribution in [1.82, 2.24) is 0 Å². The van der Waals surface area contributed by atoms with Crippen LogP contribution in [0.5, 0.6) is 0 Å². The standard InChI is InChI=1S/C7H18N.C4H6O5/c1-5-8(4,6-2)7-3;5-2(4(8)9)1-3(6)7/h5-7H2,1-4H3;2,5H,1H2,(H,6,7)(H,8,9)/q+1;/p-1. The first-order valence-corrected chi connectivity index (χ1v) is 5.66. The number of carboxylic acids is 2. The van der Waals surface area contributed by atoms with Gasteiger partial charge in [0.25, 0.3) is 0 Å². The number of aliphatic hydroxyl groups is 1. The molecule has 0 amide bonds. The number of aliphatic carboxylic acids is 2. The molecule has 0 radical (unpaired) electrons. The Bertz CT molecular complexity index is 230. The van der Waals surface area contributed by atoms with E-state index in [4.69, 9.17) is 10.2 Å². The van der Waals surface area contributed by atoms with Crippen molar-refractivity contribution in [3.8, 4) is 0 Å². The zero-order valence-electron chi connectivity index (χ0n) is 11.0. The third-order valence-corrected chi connectivity index (χ3v) is 2.93. The molecule has 0 saturated carbocycles. The third kappa shape index (κ3) is 9.77. The highest BCUT2D eigenvalue weighted by Gasteiger charge is 2.11. The van der Waals surface area contributed by atoms with Crippen LogP contribution in [0.2, 0.25) is 0 Å². The highest BCUT2D eigenvalue weighted by atomic mass is 16.4. The molecule has 0 aromatic rings. The fraction of sp³-hybridized carbons (Fsp3) is 0.818. The van der Waals surface area contributed by atoms with Crippen molar-refractivity contribution in [1.29, 1.82) is 0 Å². The lowest BCUT2D eigenvalue weighted by Crippen LogP contribution is -2.42. The van der Waals surface area contributed by atoms with Crippen molar-refractivity contribution in [2.45, 2.75) is 33.3 Å². The molecule has 1 atom stereocenters. The smallest absolute Gasteiger partial charge is 0.306 e. The summed E-state index contributed by atoms with van der Waals surface area (Å²) in [7, 11) is 2.29. The van der Waals surface area contributed by atoms with E-state index in [1.54, 1.807) is 0 Å². The van der Waals surface area contributed by atoms with Gasteiger partial charge in [0.05, 0.1) is 39.1 Å². The van der Waals surface area contributed by atoms with E-state index in [2.05, 4.69) is 27.8 Å². The highest BCUT2D eigenvalue weighted by Crippen LogP contribution is 1.97. The summed E-state index contributed by atoms with van der Waals surface area (Å²) in [5, 5.41) is 25.7. The molecule has 0 aromatic heterocycles. The predicted octanol–water partition coefficient (Wildman–Crippen LogP) is -0.935. The molecule has 0 aliphatic carbocycles. The van der Waals surface area contributed by atoms with Crippen molar-refractivity contribution in [3.63, 3.8) is 0 Å². The van der Waals surface area contributed by atoms with Gasteiger partial charge in [-0.3, -0.25) is 4.79 Å². The molecule has 1 unspecified atom stereocenters. The lowest BCUT2D eigenvalue weighted by Gasteiger charge is -2.30. The average molecular weight is 249 g/mol. The zero-order valence-corrected chi connectivity index (χ0v) is 11.0. The monoisotopic (exact) mass is 249 g/mol. The Morgan fingerprint density at radius 3 is 1.59 bits per heavy atom. The van der Waals surface area contributed by atoms with Crippen molar-refractivity contribution in [2.24, 2.45) is 0 Å². The van der Waals surface area contributed by atoms with Crippen LogP contribution in [0.1, 0.15) is 27.2 Å². The van der Waals surface area contributed by atoms with Gasteiger partial charge in [0.15, 0.2) is 0 Å². The number of carbonyl (C=O) groups excluding carboxylic acids is 1. The summed E-state index contributed by atoms with van der Waals surface area (Å²) in [6.07, 6.45) is -2.72. The summed E-state index contributed by atoms with van der Waals surface area (Å²) in [5.74, 6) is -3.14. The summed E-state index contributed by atoms with van der Waals surface area (Å²) in [4.78, 5) is 19.3. The van der Waals surface area contributed by atoms with E-state index < -0.39 is 24.5 Å². The number of carboxylic acid groups (broad SMARTS) is 2. The Balaban J connectivity index is 0. The lowest BCUT2D eigenvalue weighted by molar-refractivity contribution is -0.904. The molecule has 17 heavy (non-hydrogen) atoms. The van der Waals surface area contributed by atoms with E-state index in [0.717, 1.165) is 0 Å². The summed E-state index contributed by atoms with van der Waals surface area (Å²) in [6.45, 7) is 10.5. The van der Waals surface area contributed by atoms with Crippen LogP contribution in [-0.2, 0) is 9.59 Å². The van der Waals surface area contributed by atoms with E-state index in [-0.39, 0.29) is 0 Å². The van der Waals surface area contributed by atoms with Crippen molar-refractivity contribution in [3.05, 3.63) is 0 Å². The Morgan fingerprint density at radius 1 is 1.18 bits per heavy atom. The van der Waals surface area contributed by atoms with Crippen molar-refractivity contribution >= 4 is 11.9 Å². The van der Waals surface area contributed by atoms with Gasteiger partial charge in [-0.05, 0) is 20.8 Å². The molecule has 102 valence electrons.